The Balaban J connectivity index is 1.73. The summed E-state index contributed by atoms with van der Waals surface area (Å²) in [7, 11) is 0. The Labute approximate surface area is 138 Å². The van der Waals surface area contributed by atoms with Gasteiger partial charge in [0.05, 0.1) is 0 Å². The van der Waals surface area contributed by atoms with Crippen molar-refractivity contribution in [1.29, 1.82) is 0 Å². The zero-order valence-corrected chi connectivity index (χ0v) is 15.4. The van der Waals surface area contributed by atoms with Gasteiger partial charge in [0.1, 0.15) is 0 Å². The summed E-state index contributed by atoms with van der Waals surface area (Å²) in [6, 6.07) is 7.28. The van der Waals surface area contributed by atoms with Crippen molar-refractivity contribution in [2.24, 2.45) is 17.3 Å². The van der Waals surface area contributed by atoms with Gasteiger partial charge < -0.3 is 0 Å². The molecule has 0 amide bonds. The third kappa shape index (κ3) is 3.38. The highest BCUT2D eigenvalue weighted by Gasteiger charge is 2.37. The maximum absolute atomic E-state index is 3.99. The van der Waals surface area contributed by atoms with E-state index in [9.17, 15) is 0 Å². The molecule has 1 aromatic carbocycles. The minimum atomic E-state index is 0.390. The van der Waals surface area contributed by atoms with Crippen molar-refractivity contribution in [3.63, 3.8) is 0 Å². The first-order valence-corrected chi connectivity index (χ1v) is 9.62. The van der Waals surface area contributed by atoms with Crippen molar-refractivity contribution in [3.05, 3.63) is 34.9 Å². The Kier molecular flexibility index (Phi) is 4.50. The van der Waals surface area contributed by atoms with Crippen LogP contribution in [0, 0.1) is 17.3 Å². The van der Waals surface area contributed by atoms with Gasteiger partial charge in [0, 0.05) is 4.83 Å². The lowest BCUT2D eigenvalue weighted by atomic mass is 9.66. The van der Waals surface area contributed by atoms with E-state index in [0.717, 1.165) is 11.8 Å². The number of hydrogen-bond acceptors (Lipinski definition) is 0. The smallest absolute Gasteiger partial charge is 0.0181 e. The molecule has 3 rings (SSSR count). The fourth-order valence-corrected chi connectivity index (χ4v) is 6.20. The van der Waals surface area contributed by atoms with Crippen molar-refractivity contribution in [2.75, 3.05) is 0 Å². The molecule has 0 radical (unpaired) electrons. The quantitative estimate of drug-likeness (QED) is 0.592. The summed E-state index contributed by atoms with van der Waals surface area (Å²) in [4.78, 5) is 0.700. The molecule has 3 unspecified atom stereocenters. The summed E-state index contributed by atoms with van der Waals surface area (Å²) in [5, 5.41) is 0. The SMILES string of the molecule is CC1CCC(C(C)(C)Cc2ccc3c(c2)CCC3)C(Br)C1. The third-order valence-corrected chi connectivity index (χ3v) is 6.87. The summed E-state index contributed by atoms with van der Waals surface area (Å²) in [6.07, 6.45) is 9.30. The Hall–Kier alpha value is -0.300. The van der Waals surface area contributed by atoms with E-state index in [0.29, 0.717) is 10.2 Å². The van der Waals surface area contributed by atoms with Gasteiger partial charge in [-0.3, -0.25) is 0 Å². The van der Waals surface area contributed by atoms with Crippen LogP contribution in [-0.4, -0.2) is 4.83 Å². The molecule has 1 saturated carbocycles. The largest absolute Gasteiger partial charge is 0.0887 e. The van der Waals surface area contributed by atoms with Gasteiger partial charge in [0.2, 0.25) is 0 Å². The van der Waals surface area contributed by atoms with Crippen molar-refractivity contribution in [3.8, 4) is 0 Å². The number of rotatable bonds is 3. The minimum Gasteiger partial charge on any atom is -0.0887 e. The Morgan fingerprint density at radius 3 is 2.67 bits per heavy atom. The van der Waals surface area contributed by atoms with E-state index < -0.39 is 0 Å². The number of hydrogen-bond donors (Lipinski definition) is 0. The molecule has 1 fully saturated rings. The van der Waals surface area contributed by atoms with E-state index in [-0.39, 0.29) is 0 Å². The zero-order chi connectivity index (χ0) is 15.0. The average molecular weight is 349 g/mol. The second kappa shape index (κ2) is 6.07. The molecule has 3 atom stereocenters. The third-order valence-electron chi connectivity index (χ3n) is 5.86. The molecule has 0 saturated heterocycles. The van der Waals surface area contributed by atoms with Gasteiger partial charge in [-0.05, 0) is 72.5 Å². The summed E-state index contributed by atoms with van der Waals surface area (Å²) in [5.41, 5.74) is 5.16. The van der Waals surface area contributed by atoms with E-state index in [1.165, 1.54) is 44.9 Å². The second-order valence-electron chi connectivity index (χ2n) is 8.16. The van der Waals surface area contributed by atoms with Gasteiger partial charge in [-0.2, -0.15) is 0 Å². The zero-order valence-electron chi connectivity index (χ0n) is 13.8. The second-order valence-corrected chi connectivity index (χ2v) is 9.34. The molecule has 1 aromatic rings. The highest BCUT2D eigenvalue weighted by Crippen LogP contribution is 2.45. The molecule has 0 bridgehead atoms. The van der Waals surface area contributed by atoms with E-state index >= 15 is 0 Å². The molecule has 0 N–H and O–H groups in total. The molecule has 116 valence electrons. The normalized spacial score (nSPS) is 29.4. The fraction of sp³-hybridized carbons (Fsp3) is 0.700. The van der Waals surface area contributed by atoms with Crippen LogP contribution < -0.4 is 0 Å². The molecular weight excluding hydrogens is 320 g/mol. The van der Waals surface area contributed by atoms with Crippen molar-refractivity contribution in [2.45, 2.75) is 70.5 Å². The van der Waals surface area contributed by atoms with Crippen LogP contribution in [0.5, 0.6) is 0 Å². The molecule has 0 heterocycles. The molecule has 21 heavy (non-hydrogen) atoms. The van der Waals surface area contributed by atoms with Crippen LogP contribution in [0.4, 0.5) is 0 Å². The number of fused-ring (bicyclic) bond motifs is 1. The van der Waals surface area contributed by atoms with Crippen LogP contribution in [0.15, 0.2) is 18.2 Å². The van der Waals surface area contributed by atoms with Crippen LogP contribution in [0.3, 0.4) is 0 Å². The van der Waals surface area contributed by atoms with Crippen LogP contribution in [0.2, 0.25) is 0 Å². The predicted molar refractivity (Wildman–Crippen MR) is 95.2 cm³/mol. The van der Waals surface area contributed by atoms with Crippen LogP contribution in [-0.2, 0) is 19.3 Å². The van der Waals surface area contributed by atoms with E-state index in [1.54, 1.807) is 16.7 Å². The minimum absolute atomic E-state index is 0.390. The van der Waals surface area contributed by atoms with Gasteiger partial charge in [0.25, 0.3) is 0 Å². The number of halogens is 1. The topological polar surface area (TPSA) is 0 Å². The molecular formula is C20H29Br. The molecule has 0 aromatic heterocycles. The first-order chi connectivity index (χ1) is 9.95. The highest BCUT2D eigenvalue weighted by atomic mass is 79.9. The summed E-state index contributed by atoms with van der Waals surface area (Å²) in [5.74, 6) is 1.70. The van der Waals surface area contributed by atoms with Crippen LogP contribution >= 0.6 is 15.9 Å². The first-order valence-electron chi connectivity index (χ1n) is 8.70. The molecule has 0 aliphatic heterocycles. The Morgan fingerprint density at radius 2 is 1.90 bits per heavy atom. The molecule has 2 aliphatic carbocycles. The van der Waals surface area contributed by atoms with E-state index in [1.807, 2.05) is 0 Å². The van der Waals surface area contributed by atoms with Crippen molar-refractivity contribution >= 4 is 15.9 Å². The number of benzene rings is 1. The maximum atomic E-state index is 3.99. The monoisotopic (exact) mass is 348 g/mol. The molecule has 1 heteroatoms. The van der Waals surface area contributed by atoms with Gasteiger partial charge in [0.15, 0.2) is 0 Å². The number of aryl methyl sites for hydroxylation is 2. The molecule has 0 nitrogen and oxygen atoms in total. The fourth-order valence-electron chi connectivity index (χ4n) is 4.58. The molecule has 0 spiro atoms. The van der Waals surface area contributed by atoms with Gasteiger partial charge in [-0.15, -0.1) is 0 Å². The lowest BCUT2D eigenvalue weighted by Crippen LogP contribution is -2.37. The summed E-state index contributed by atoms with van der Waals surface area (Å²) < 4.78 is 0. The van der Waals surface area contributed by atoms with Crippen LogP contribution in [0.1, 0.15) is 63.1 Å². The van der Waals surface area contributed by atoms with Gasteiger partial charge in [-0.1, -0.05) is 61.3 Å². The highest BCUT2D eigenvalue weighted by molar-refractivity contribution is 9.09. The van der Waals surface area contributed by atoms with Crippen molar-refractivity contribution < 1.29 is 0 Å². The lowest BCUT2D eigenvalue weighted by Gasteiger charge is -2.42. The summed E-state index contributed by atoms with van der Waals surface area (Å²) >= 11 is 3.99. The van der Waals surface area contributed by atoms with Gasteiger partial charge in [-0.25, -0.2) is 0 Å². The standard InChI is InChI=1S/C20H29Br/c1-14-7-10-18(19(21)11-14)20(2,3)13-15-8-9-16-5-4-6-17(16)12-15/h8-9,12,14,18-19H,4-7,10-11,13H2,1-3H3. The first kappa shape index (κ1) is 15.6. The Bertz CT molecular complexity index is 503. The van der Waals surface area contributed by atoms with Crippen LogP contribution in [0.25, 0.3) is 0 Å². The van der Waals surface area contributed by atoms with E-state index in [2.05, 4.69) is 54.9 Å². The number of alkyl halides is 1. The molecule has 2 aliphatic rings. The predicted octanol–water partition coefficient (Wildman–Crippen LogP) is 5.94. The average Bonchev–Trinajstić information content (AvgIpc) is 2.85. The summed E-state index contributed by atoms with van der Waals surface area (Å²) in [6.45, 7) is 7.36. The van der Waals surface area contributed by atoms with Gasteiger partial charge >= 0.3 is 0 Å². The lowest BCUT2D eigenvalue weighted by molar-refractivity contribution is 0.147. The Morgan fingerprint density at radius 1 is 1.14 bits per heavy atom. The van der Waals surface area contributed by atoms with Crippen molar-refractivity contribution in [1.82, 2.24) is 0 Å². The maximum Gasteiger partial charge on any atom is 0.0181 e. The van der Waals surface area contributed by atoms with E-state index in [4.69, 9.17) is 0 Å².